The van der Waals surface area contributed by atoms with E-state index in [2.05, 4.69) is 63.1 Å². The molecule has 1 rings (SSSR count). The molecule has 0 bridgehead atoms. The fraction of sp³-hybridized carbons (Fsp3) is 0.333. The third-order valence-corrected chi connectivity index (χ3v) is 2.56. The molecule has 0 aliphatic carbocycles. The standard InChI is InChI=1S/C15H21N/c1-6-7-15(10-12(2)3)11-16-13(4)8-9-14(16)5/h6-10H,1,11H2,2-5H3/b15-7+. The van der Waals surface area contributed by atoms with Crippen molar-refractivity contribution >= 4 is 0 Å². The van der Waals surface area contributed by atoms with Crippen molar-refractivity contribution in [2.45, 2.75) is 34.2 Å². The highest BCUT2D eigenvalue weighted by molar-refractivity contribution is 5.27. The summed E-state index contributed by atoms with van der Waals surface area (Å²) >= 11 is 0. The molecule has 0 spiro atoms. The Kier molecular flexibility index (Phi) is 4.36. The maximum absolute atomic E-state index is 3.77. The maximum Gasteiger partial charge on any atom is 0.0475 e. The van der Waals surface area contributed by atoms with Crippen LogP contribution in [0.5, 0.6) is 0 Å². The van der Waals surface area contributed by atoms with E-state index in [1.165, 1.54) is 22.5 Å². The molecule has 1 heterocycles. The SMILES string of the molecule is C=C/C=C(\C=C(C)C)Cn1c(C)ccc1C. The van der Waals surface area contributed by atoms with E-state index in [-0.39, 0.29) is 0 Å². The Morgan fingerprint density at radius 2 is 1.81 bits per heavy atom. The molecule has 0 fully saturated rings. The fourth-order valence-corrected chi connectivity index (χ4v) is 1.80. The first-order valence-corrected chi connectivity index (χ1v) is 5.64. The summed E-state index contributed by atoms with van der Waals surface area (Å²) in [6, 6.07) is 4.31. The molecule has 1 aromatic rings. The van der Waals surface area contributed by atoms with E-state index in [0.29, 0.717) is 0 Å². The molecule has 0 radical (unpaired) electrons. The Morgan fingerprint density at radius 1 is 1.25 bits per heavy atom. The molecule has 0 unspecified atom stereocenters. The summed E-state index contributed by atoms with van der Waals surface area (Å²) < 4.78 is 2.31. The van der Waals surface area contributed by atoms with Crippen molar-refractivity contribution in [1.82, 2.24) is 4.57 Å². The monoisotopic (exact) mass is 215 g/mol. The van der Waals surface area contributed by atoms with E-state index >= 15 is 0 Å². The van der Waals surface area contributed by atoms with Gasteiger partial charge in [0.05, 0.1) is 0 Å². The normalized spacial score (nSPS) is 11.4. The van der Waals surface area contributed by atoms with Crippen LogP contribution in [0, 0.1) is 13.8 Å². The van der Waals surface area contributed by atoms with Crippen LogP contribution >= 0.6 is 0 Å². The zero-order chi connectivity index (χ0) is 12.1. The predicted octanol–water partition coefficient (Wildman–Crippen LogP) is 4.18. The molecule has 0 aliphatic rings. The average molecular weight is 215 g/mol. The number of aryl methyl sites for hydroxylation is 2. The first-order chi connectivity index (χ1) is 7.54. The molecule has 0 aliphatic heterocycles. The first kappa shape index (κ1) is 12.6. The largest absolute Gasteiger partial charge is 0.345 e. The Morgan fingerprint density at radius 3 is 2.25 bits per heavy atom. The van der Waals surface area contributed by atoms with Crippen LogP contribution in [0.3, 0.4) is 0 Å². The minimum Gasteiger partial charge on any atom is -0.345 e. The van der Waals surface area contributed by atoms with Crippen molar-refractivity contribution in [2.75, 3.05) is 0 Å². The lowest BCUT2D eigenvalue weighted by Crippen LogP contribution is -2.03. The van der Waals surface area contributed by atoms with Gasteiger partial charge in [-0.2, -0.15) is 0 Å². The van der Waals surface area contributed by atoms with Crippen LogP contribution in [-0.4, -0.2) is 4.57 Å². The summed E-state index contributed by atoms with van der Waals surface area (Å²) in [6.07, 6.45) is 6.13. The third-order valence-electron chi connectivity index (χ3n) is 2.56. The number of rotatable bonds is 4. The molecule has 1 heteroatoms. The molecule has 1 aromatic heterocycles. The molecule has 0 aromatic carbocycles. The Bertz CT molecular complexity index is 407. The van der Waals surface area contributed by atoms with E-state index in [0.717, 1.165) is 6.54 Å². The number of allylic oxidation sites excluding steroid dienone is 5. The Balaban J connectivity index is 2.97. The molecular formula is C15H21N. The second-order valence-corrected chi connectivity index (χ2v) is 4.40. The number of hydrogen-bond acceptors (Lipinski definition) is 0. The van der Waals surface area contributed by atoms with Crippen LogP contribution in [0.25, 0.3) is 0 Å². The molecule has 0 saturated heterocycles. The summed E-state index contributed by atoms with van der Waals surface area (Å²) in [5.74, 6) is 0. The lowest BCUT2D eigenvalue weighted by molar-refractivity contribution is 0.748. The van der Waals surface area contributed by atoms with Gasteiger partial charge in [-0.15, -0.1) is 0 Å². The van der Waals surface area contributed by atoms with Gasteiger partial charge in [-0.1, -0.05) is 30.4 Å². The topological polar surface area (TPSA) is 4.93 Å². The fourth-order valence-electron chi connectivity index (χ4n) is 1.80. The summed E-state index contributed by atoms with van der Waals surface area (Å²) in [7, 11) is 0. The van der Waals surface area contributed by atoms with Gasteiger partial charge in [-0.3, -0.25) is 0 Å². The van der Waals surface area contributed by atoms with Gasteiger partial charge in [0.2, 0.25) is 0 Å². The van der Waals surface area contributed by atoms with E-state index in [1.807, 2.05) is 6.08 Å². The van der Waals surface area contributed by atoms with Crippen LogP contribution in [0.4, 0.5) is 0 Å². The second-order valence-electron chi connectivity index (χ2n) is 4.40. The van der Waals surface area contributed by atoms with E-state index in [4.69, 9.17) is 0 Å². The van der Waals surface area contributed by atoms with Gasteiger partial charge in [0.1, 0.15) is 0 Å². The number of nitrogens with zero attached hydrogens (tertiary/aromatic N) is 1. The van der Waals surface area contributed by atoms with Gasteiger partial charge < -0.3 is 4.57 Å². The van der Waals surface area contributed by atoms with Crippen LogP contribution in [-0.2, 0) is 6.54 Å². The molecule has 0 N–H and O–H groups in total. The zero-order valence-electron chi connectivity index (χ0n) is 10.7. The third kappa shape index (κ3) is 3.27. The zero-order valence-corrected chi connectivity index (χ0v) is 10.7. The first-order valence-electron chi connectivity index (χ1n) is 5.64. The summed E-state index contributed by atoms with van der Waals surface area (Å²) in [5.41, 5.74) is 5.21. The summed E-state index contributed by atoms with van der Waals surface area (Å²) in [5, 5.41) is 0. The molecule has 16 heavy (non-hydrogen) atoms. The van der Waals surface area contributed by atoms with E-state index in [9.17, 15) is 0 Å². The van der Waals surface area contributed by atoms with Crippen LogP contribution in [0.1, 0.15) is 25.2 Å². The molecule has 86 valence electrons. The highest BCUT2D eigenvalue weighted by Crippen LogP contribution is 2.12. The van der Waals surface area contributed by atoms with Crippen molar-refractivity contribution in [2.24, 2.45) is 0 Å². The Labute approximate surface area is 98.8 Å². The highest BCUT2D eigenvalue weighted by atomic mass is 15.0. The maximum atomic E-state index is 3.77. The molecule has 0 saturated carbocycles. The predicted molar refractivity (Wildman–Crippen MR) is 71.6 cm³/mol. The van der Waals surface area contributed by atoms with Gasteiger partial charge >= 0.3 is 0 Å². The van der Waals surface area contributed by atoms with Gasteiger partial charge in [-0.05, 0) is 45.4 Å². The van der Waals surface area contributed by atoms with Crippen molar-refractivity contribution < 1.29 is 0 Å². The molecule has 0 amide bonds. The number of aromatic nitrogens is 1. The van der Waals surface area contributed by atoms with Crippen molar-refractivity contribution in [3.63, 3.8) is 0 Å². The minimum absolute atomic E-state index is 0.919. The quantitative estimate of drug-likeness (QED) is 0.664. The van der Waals surface area contributed by atoms with Crippen LogP contribution in [0.15, 0.2) is 48.1 Å². The van der Waals surface area contributed by atoms with E-state index in [1.54, 1.807) is 0 Å². The lowest BCUT2D eigenvalue weighted by Gasteiger charge is -2.10. The van der Waals surface area contributed by atoms with Gasteiger partial charge in [-0.25, -0.2) is 0 Å². The smallest absolute Gasteiger partial charge is 0.0475 e. The van der Waals surface area contributed by atoms with Gasteiger partial charge in [0.25, 0.3) is 0 Å². The van der Waals surface area contributed by atoms with E-state index < -0.39 is 0 Å². The number of hydrogen-bond donors (Lipinski definition) is 0. The average Bonchev–Trinajstić information content (AvgIpc) is 2.49. The Hall–Kier alpha value is -1.50. The molecule has 1 nitrogen and oxygen atoms in total. The molecule has 0 atom stereocenters. The van der Waals surface area contributed by atoms with Crippen molar-refractivity contribution in [3.8, 4) is 0 Å². The van der Waals surface area contributed by atoms with Gasteiger partial charge in [0.15, 0.2) is 0 Å². The van der Waals surface area contributed by atoms with Crippen molar-refractivity contribution in [3.05, 3.63) is 59.5 Å². The molecular weight excluding hydrogens is 194 g/mol. The summed E-state index contributed by atoms with van der Waals surface area (Å²) in [6.45, 7) is 13.2. The van der Waals surface area contributed by atoms with Crippen molar-refractivity contribution in [1.29, 1.82) is 0 Å². The summed E-state index contributed by atoms with van der Waals surface area (Å²) in [4.78, 5) is 0. The van der Waals surface area contributed by atoms with Gasteiger partial charge in [0, 0.05) is 17.9 Å². The van der Waals surface area contributed by atoms with Crippen LogP contribution in [0.2, 0.25) is 0 Å². The van der Waals surface area contributed by atoms with Crippen LogP contribution < -0.4 is 0 Å². The lowest BCUT2D eigenvalue weighted by atomic mass is 10.1. The minimum atomic E-state index is 0.919. The second kappa shape index (κ2) is 5.55. The highest BCUT2D eigenvalue weighted by Gasteiger charge is 2.02.